The zero-order chi connectivity index (χ0) is 13.5. The average molecular weight is 258 g/mol. The highest BCUT2D eigenvalue weighted by atomic mass is 32.2. The molecule has 0 fully saturated rings. The molecule has 0 amide bonds. The van der Waals surface area contributed by atoms with Crippen molar-refractivity contribution >= 4 is 24.5 Å². The van der Waals surface area contributed by atoms with Gasteiger partial charge in [0.05, 0.1) is 0 Å². The lowest BCUT2D eigenvalue weighted by Crippen LogP contribution is -2.33. The lowest BCUT2D eigenvalue weighted by molar-refractivity contribution is 0.237. The number of hydrazone groups is 1. The maximum atomic E-state index is 4.40. The third-order valence-electron chi connectivity index (χ3n) is 1.92. The van der Waals surface area contributed by atoms with Crippen LogP contribution in [-0.2, 0) is 0 Å². The minimum atomic E-state index is 0.241. The van der Waals surface area contributed by atoms with E-state index >= 15 is 0 Å². The molecule has 0 aromatic rings. The van der Waals surface area contributed by atoms with Crippen LogP contribution in [-0.4, -0.2) is 41.4 Å². The third-order valence-corrected chi connectivity index (χ3v) is 2.88. The van der Waals surface area contributed by atoms with E-state index < -0.39 is 0 Å². The Kier molecular flexibility index (Phi) is 7.46. The second kappa shape index (κ2) is 7.71. The van der Waals surface area contributed by atoms with Gasteiger partial charge in [0.15, 0.2) is 0 Å². The molecule has 0 rings (SSSR count). The van der Waals surface area contributed by atoms with Gasteiger partial charge in [-0.15, -0.1) is 0 Å². The number of nitrogens with one attached hydrogen (secondary N) is 1. The zero-order valence-corrected chi connectivity index (χ0v) is 12.8. The van der Waals surface area contributed by atoms with Gasteiger partial charge < -0.3 is 0 Å². The van der Waals surface area contributed by atoms with E-state index in [1.807, 2.05) is 11.9 Å². The first-order chi connectivity index (χ1) is 7.76. The van der Waals surface area contributed by atoms with Gasteiger partial charge in [-0.1, -0.05) is 11.9 Å². The van der Waals surface area contributed by atoms with E-state index in [0.717, 1.165) is 13.1 Å². The third kappa shape index (κ3) is 9.18. The number of rotatable bonds is 6. The Hall–Kier alpha value is -0.550. The Morgan fingerprint density at radius 3 is 2.41 bits per heavy atom. The van der Waals surface area contributed by atoms with Crippen molar-refractivity contribution in [3.8, 4) is 0 Å². The number of amidine groups is 1. The van der Waals surface area contributed by atoms with Gasteiger partial charge in [-0.2, -0.15) is 5.10 Å². The molecule has 0 aromatic carbocycles. The number of hydrogen-bond acceptors (Lipinski definition) is 4. The van der Waals surface area contributed by atoms with Crippen LogP contribution in [0.5, 0.6) is 0 Å². The Balaban J connectivity index is 4.08. The molecule has 100 valence electrons. The summed E-state index contributed by atoms with van der Waals surface area (Å²) in [6.07, 6.45) is 0. The summed E-state index contributed by atoms with van der Waals surface area (Å²) in [5, 5.41) is 6.43. The molecular formula is C12H26N4S. The first kappa shape index (κ1) is 16.4. The Bertz CT molecular complexity index is 256. The molecule has 0 aliphatic heterocycles. The van der Waals surface area contributed by atoms with Gasteiger partial charge in [0.2, 0.25) is 0 Å². The van der Waals surface area contributed by atoms with Gasteiger partial charge in [-0.25, -0.2) is 4.99 Å². The molecule has 1 N–H and O–H groups in total. The van der Waals surface area contributed by atoms with Gasteiger partial charge in [0, 0.05) is 23.9 Å². The van der Waals surface area contributed by atoms with E-state index in [4.69, 9.17) is 0 Å². The predicted molar refractivity (Wildman–Crippen MR) is 79.8 cm³/mol. The molecule has 0 aliphatic carbocycles. The van der Waals surface area contributed by atoms with Crippen molar-refractivity contribution in [1.82, 2.24) is 9.73 Å². The zero-order valence-electron chi connectivity index (χ0n) is 11.9. The van der Waals surface area contributed by atoms with Gasteiger partial charge in [-0.3, -0.25) is 9.73 Å². The van der Waals surface area contributed by atoms with Gasteiger partial charge >= 0.3 is 0 Å². The molecule has 5 heteroatoms. The van der Waals surface area contributed by atoms with Gasteiger partial charge in [0.1, 0.15) is 5.84 Å². The second-order valence-corrected chi connectivity index (χ2v) is 6.89. The summed E-state index contributed by atoms with van der Waals surface area (Å²) in [4.78, 5) is 3.81. The SMILES string of the molecule is C=N/C(C)=N\N(CCNSC(C)(C)C)C(C)C. The van der Waals surface area contributed by atoms with E-state index in [1.54, 1.807) is 11.9 Å². The quantitative estimate of drug-likeness (QED) is 0.262. The topological polar surface area (TPSA) is 40.0 Å². The molecule has 0 aromatic heterocycles. The molecule has 0 atom stereocenters. The maximum absolute atomic E-state index is 4.40. The lowest BCUT2D eigenvalue weighted by Gasteiger charge is -2.25. The van der Waals surface area contributed by atoms with Gasteiger partial charge in [0.25, 0.3) is 0 Å². The molecule has 0 saturated heterocycles. The first-order valence-electron chi connectivity index (χ1n) is 5.95. The van der Waals surface area contributed by atoms with Crippen molar-refractivity contribution in [3.63, 3.8) is 0 Å². The molecule has 0 spiro atoms. The van der Waals surface area contributed by atoms with Crippen molar-refractivity contribution in [2.75, 3.05) is 13.1 Å². The van der Waals surface area contributed by atoms with Crippen LogP contribution in [0.1, 0.15) is 41.5 Å². The smallest absolute Gasteiger partial charge is 0.144 e. The number of nitrogens with zero attached hydrogens (tertiary/aromatic N) is 3. The second-order valence-electron chi connectivity index (χ2n) is 5.17. The molecule has 0 heterocycles. The van der Waals surface area contributed by atoms with E-state index in [9.17, 15) is 0 Å². The fourth-order valence-electron chi connectivity index (χ4n) is 1.07. The van der Waals surface area contributed by atoms with E-state index in [0.29, 0.717) is 11.9 Å². The highest BCUT2D eigenvalue weighted by Crippen LogP contribution is 2.18. The summed E-state index contributed by atoms with van der Waals surface area (Å²) >= 11 is 1.75. The van der Waals surface area contributed by atoms with Crippen molar-refractivity contribution in [3.05, 3.63) is 0 Å². The fraction of sp³-hybridized carbons (Fsp3) is 0.833. The van der Waals surface area contributed by atoms with Crippen LogP contribution >= 0.6 is 11.9 Å². The summed E-state index contributed by atoms with van der Waals surface area (Å²) in [6.45, 7) is 17.9. The molecule has 0 saturated carbocycles. The first-order valence-corrected chi connectivity index (χ1v) is 6.77. The largest absolute Gasteiger partial charge is 0.291 e. The minimum Gasteiger partial charge on any atom is -0.291 e. The molecule has 0 unspecified atom stereocenters. The maximum Gasteiger partial charge on any atom is 0.144 e. The van der Waals surface area contributed by atoms with Crippen LogP contribution < -0.4 is 4.72 Å². The summed E-state index contributed by atoms with van der Waals surface area (Å²) in [7, 11) is 0. The molecule has 4 nitrogen and oxygen atoms in total. The number of aliphatic imine (C=N–C) groups is 1. The van der Waals surface area contributed by atoms with Crippen LogP contribution in [0.2, 0.25) is 0 Å². The van der Waals surface area contributed by atoms with Gasteiger partial charge in [-0.05, 0) is 48.3 Å². The highest BCUT2D eigenvalue weighted by Gasteiger charge is 2.11. The van der Waals surface area contributed by atoms with Crippen molar-refractivity contribution < 1.29 is 0 Å². The summed E-state index contributed by atoms with van der Waals surface area (Å²) in [5.74, 6) is 0.710. The Morgan fingerprint density at radius 1 is 1.41 bits per heavy atom. The van der Waals surface area contributed by atoms with Crippen LogP contribution in [0.15, 0.2) is 10.1 Å². The van der Waals surface area contributed by atoms with E-state index in [1.165, 1.54) is 0 Å². The fourth-order valence-corrected chi connectivity index (χ4v) is 1.70. The van der Waals surface area contributed by atoms with Crippen LogP contribution in [0.25, 0.3) is 0 Å². The molecular weight excluding hydrogens is 232 g/mol. The average Bonchev–Trinajstić information content (AvgIpc) is 2.20. The summed E-state index contributed by atoms with van der Waals surface area (Å²) < 4.78 is 3.60. The predicted octanol–water partition coefficient (Wildman–Crippen LogP) is 2.77. The Morgan fingerprint density at radius 2 is 2.00 bits per heavy atom. The molecule has 17 heavy (non-hydrogen) atoms. The highest BCUT2D eigenvalue weighted by molar-refractivity contribution is 7.98. The standard InChI is InChI=1S/C12H26N4S/c1-10(2)16(15-11(3)13-7)9-8-14-17-12(4,5)6/h10,14H,7-9H2,1-6H3/b15-11-. The van der Waals surface area contributed by atoms with Crippen molar-refractivity contribution in [2.24, 2.45) is 10.1 Å². The van der Waals surface area contributed by atoms with E-state index in [-0.39, 0.29) is 4.75 Å². The van der Waals surface area contributed by atoms with Crippen LogP contribution in [0, 0.1) is 0 Å². The van der Waals surface area contributed by atoms with E-state index in [2.05, 4.69) is 56.2 Å². The molecule has 0 bridgehead atoms. The normalized spacial score (nSPS) is 13.0. The molecule has 0 aliphatic rings. The monoisotopic (exact) mass is 258 g/mol. The minimum absolute atomic E-state index is 0.241. The summed E-state index contributed by atoms with van der Waals surface area (Å²) in [5.41, 5.74) is 0. The lowest BCUT2D eigenvalue weighted by atomic mass is 10.3. The Labute approximate surface area is 110 Å². The summed E-state index contributed by atoms with van der Waals surface area (Å²) in [6, 6.07) is 0.369. The van der Waals surface area contributed by atoms with Crippen LogP contribution in [0.4, 0.5) is 0 Å². The van der Waals surface area contributed by atoms with Crippen LogP contribution in [0.3, 0.4) is 0 Å². The number of hydrogen-bond donors (Lipinski definition) is 1. The van der Waals surface area contributed by atoms with Crippen molar-refractivity contribution in [1.29, 1.82) is 0 Å². The van der Waals surface area contributed by atoms with Crippen molar-refractivity contribution in [2.45, 2.75) is 52.3 Å². The molecule has 0 radical (unpaired) electrons.